The number of anilines is 2. The molecule has 0 aliphatic carbocycles. The third-order valence-electron chi connectivity index (χ3n) is 5.31. The van der Waals surface area contributed by atoms with Crippen molar-refractivity contribution in [3.63, 3.8) is 0 Å². The normalized spacial score (nSPS) is 12.1. The van der Waals surface area contributed by atoms with E-state index in [-0.39, 0.29) is 6.42 Å². The van der Waals surface area contributed by atoms with E-state index in [0.717, 1.165) is 11.4 Å². The van der Waals surface area contributed by atoms with Crippen molar-refractivity contribution in [2.45, 2.75) is 18.2 Å². The van der Waals surface area contributed by atoms with Crippen LogP contribution in [0.5, 0.6) is 0 Å². The van der Waals surface area contributed by atoms with Gasteiger partial charge < -0.3 is 10.0 Å². The fourth-order valence-corrected chi connectivity index (χ4v) is 4.98. The molecule has 4 rings (SSSR count). The largest absolute Gasteiger partial charge is 0.481 e. The molecule has 0 aliphatic rings. The van der Waals surface area contributed by atoms with Gasteiger partial charge in [-0.15, -0.1) is 0 Å². The summed E-state index contributed by atoms with van der Waals surface area (Å²) in [5.74, 6) is -1.49. The van der Waals surface area contributed by atoms with Crippen LogP contribution in [-0.4, -0.2) is 26.3 Å². The zero-order valence-corrected chi connectivity index (χ0v) is 17.9. The summed E-state index contributed by atoms with van der Waals surface area (Å²) in [6, 6.07) is 21.4. The van der Waals surface area contributed by atoms with E-state index in [2.05, 4.69) is 0 Å². The lowest BCUT2D eigenvalue weighted by molar-refractivity contribution is -0.136. The lowest BCUT2D eigenvalue weighted by Crippen LogP contribution is -2.10. The minimum Gasteiger partial charge on any atom is -0.481 e. The van der Waals surface area contributed by atoms with Crippen molar-refractivity contribution >= 4 is 39.2 Å². The van der Waals surface area contributed by atoms with Crippen LogP contribution in [0.4, 0.5) is 15.8 Å². The standard InChI is InChI=1S/C24H21FN2O3S/c1-16-21(15-24(28)29)22-14-17(25)8-13-23(22)27(16)31(30)20-11-9-19(10-12-20)26(2)18-6-4-3-5-7-18/h3-14H,15H2,1-2H3,(H,28,29). The molecule has 0 amide bonds. The molecule has 7 heteroatoms. The number of aromatic nitrogens is 1. The average molecular weight is 437 g/mol. The highest BCUT2D eigenvalue weighted by Crippen LogP contribution is 2.30. The summed E-state index contributed by atoms with van der Waals surface area (Å²) in [5, 5.41) is 9.74. The van der Waals surface area contributed by atoms with Crippen molar-refractivity contribution < 1.29 is 18.5 Å². The number of halogens is 1. The maximum absolute atomic E-state index is 13.8. The van der Waals surface area contributed by atoms with E-state index in [1.165, 1.54) is 12.1 Å². The van der Waals surface area contributed by atoms with Gasteiger partial charge in [0.05, 0.1) is 16.8 Å². The lowest BCUT2D eigenvalue weighted by atomic mass is 10.1. The van der Waals surface area contributed by atoms with E-state index in [0.29, 0.717) is 27.1 Å². The Hall–Kier alpha value is -3.45. The average Bonchev–Trinajstić information content (AvgIpc) is 3.04. The van der Waals surface area contributed by atoms with Gasteiger partial charge in [-0.1, -0.05) is 18.2 Å². The lowest BCUT2D eigenvalue weighted by Gasteiger charge is -2.19. The van der Waals surface area contributed by atoms with Crippen molar-refractivity contribution in [2.75, 3.05) is 11.9 Å². The molecule has 0 radical (unpaired) electrons. The van der Waals surface area contributed by atoms with Crippen LogP contribution in [0, 0.1) is 12.7 Å². The van der Waals surface area contributed by atoms with E-state index in [1.54, 1.807) is 29.1 Å². The highest BCUT2D eigenvalue weighted by atomic mass is 32.2. The van der Waals surface area contributed by atoms with E-state index in [4.69, 9.17) is 0 Å². The van der Waals surface area contributed by atoms with Crippen LogP contribution >= 0.6 is 0 Å². The fraction of sp³-hybridized carbons (Fsp3) is 0.125. The molecule has 1 atom stereocenters. The molecule has 0 aliphatic heterocycles. The smallest absolute Gasteiger partial charge is 0.307 e. The van der Waals surface area contributed by atoms with Gasteiger partial charge in [-0.3, -0.25) is 8.77 Å². The van der Waals surface area contributed by atoms with Crippen LogP contribution in [0.25, 0.3) is 10.9 Å². The molecule has 1 N–H and O–H groups in total. The molecule has 0 saturated carbocycles. The van der Waals surface area contributed by atoms with E-state index in [1.807, 2.05) is 54.4 Å². The topological polar surface area (TPSA) is 62.5 Å². The van der Waals surface area contributed by atoms with Gasteiger partial charge in [0.25, 0.3) is 0 Å². The number of rotatable bonds is 6. The Kier molecular flexibility index (Phi) is 5.61. The van der Waals surface area contributed by atoms with Gasteiger partial charge in [0.1, 0.15) is 5.82 Å². The third kappa shape index (κ3) is 3.96. The van der Waals surface area contributed by atoms with Crippen molar-refractivity contribution in [1.29, 1.82) is 0 Å². The summed E-state index contributed by atoms with van der Waals surface area (Å²) >= 11 is 0. The molecular formula is C24H21FN2O3S. The second kappa shape index (κ2) is 8.35. The molecule has 31 heavy (non-hydrogen) atoms. The maximum atomic E-state index is 13.8. The Balaban J connectivity index is 1.73. The second-order valence-electron chi connectivity index (χ2n) is 7.23. The van der Waals surface area contributed by atoms with Gasteiger partial charge >= 0.3 is 5.97 Å². The molecule has 5 nitrogen and oxygen atoms in total. The van der Waals surface area contributed by atoms with Crippen LogP contribution < -0.4 is 4.90 Å². The first-order chi connectivity index (χ1) is 14.9. The molecule has 0 spiro atoms. The zero-order valence-electron chi connectivity index (χ0n) is 17.1. The van der Waals surface area contributed by atoms with Gasteiger partial charge in [0.15, 0.2) is 11.0 Å². The number of carboxylic acid groups (broad SMARTS) is 1. The first-order valence-electron chi connectivity index (χ1n) is 9.69. The molecule has 0 bridgehead atoms. The molecule has 1 unspecified atom stereocenters. The number of hydrogen-bond donors (Lipinski definition) is 1. The minimum absolute atomic E-state index is 0.267. The summed E-state index contributed by atoms with van der Waals surface area (Å²) < 4.78 is 28.8. The summed E-state index contributed by atoms with van der Waals surface area (Å²) in [6.45, 7) is 1.71. The second-order valence-corrected chi connectivity index (χ2v) is 8.56. The Bertz CT molecular complexity index is 1280. The van der Waals surface area contributed by atoms with E-state index < -0.39 is 22.8 Å². The Morgan fingerprint density at radius 2 is 1.68 bits per heavy atom. The monoisotopic (exact) mass is 436 g/mol. The number of carboxylic acids is 1. The van der Waals surface area contributed by atoms with Crippen LogP contribution in [-0.2, 0) is 22.2 Å². The Morgan fingerprint density at radius 1 is 1.03 bits per heavy atom. The minimum atomic E-state index is -1.62. The maximum Gasteiger partial charge on any atom is 0.307 e. The summed E-state index contributed by atoms with van der Waals surface area (Å²) in [7, 11) is 0.339. The van der Waals surface area contributed by atoms with Crippen LogP contribution in [0.3, 0.4) is 0 Å². The molecule has 0 fully saturated rings. The number of carbonyl (C=O) groups is 1. The molecule has 1 heterocycles. The first-order valence-corrected chi connectivity index (χ1v) is 10.8. The molecule has 3 aromatic carbocycles. The van der Waals surface area contributed by atoms with Gasteiger partial charge in [0, 0.05) is 29.5 Å². The van der Waals surface area contributed by atoms with Crippen LogP contribution in [0.15, 0.2) is 77.7 Å². The first kappa shape index (κ1) is 20.8. The van der Waals surface area contributed by atoms with Gasteiger partial charge in [-0.2, -0.15) is 0 Å². The van der Waals surface area contributed by atoms with E-state index in [9.17, 15) is 18.5 Å². The predicted molar refractivity (Wildman–Crippen MR) is 121 cm³/mol. The van der Waals surface area contributed by atoms with Crippen molar-refractivity contribution in [1.82, 2.24) is 3.97 Å². The zero-order chi connectivity index (χ0) is 22.1. The molecule has 0 saturated heterocycles. The highest BCUT2D eigenvalue weighted by molar-refractivity contribution is 7.83. The number of hydrogen-bond acceptors (Lipinski definition) is 3. The fourth-order valence-electron chi connectivity index (χ4n) is 3.71. The molecule has 1 aromatic heterocycles. The summed E-state index contributed by atoms with van der Waals surface area (Å²) in [6.07, 6.45) is -0.267. The number of benzene rings is 3. The number of para-hydroxylation sites is 1. The van der Waals surface area contributed by atoms with Crippen molar-refractivity contribution in [3.8, 4) is 0 Å². The Labute approximate surface area is 181 Å². The number of nitrogens with zero attached hydrogens (tertiary/aromatic N) is 2. The van der Waals surface area contributed by atoms with Crippen molar-refractivity contribution in [3.05, 3.63) is 89.9 Å². The third-order valence-corrected chi connectivity index (χ3v) is 6.78. The summed E-state index contributed by atoms with van der Waals surface area (Å²) in [4.78, 5) is 13.9. The number of aliphatic carboxylic acids is 1. The SMILES string of the molecule is Cc1c(CC(=O)O)c2cc(F)ccc2n1S(=O)c1ccc(N(C)c2ccccc2)cc1. The van der Waals surface area contributed by atoms with Gasteiger partial charge in [0.2, 0.25) is 0 Å². The van der Waals surface area contributed by atoms with Gasteiger partial charge in [-0.05, 0) is 67.1 Å². The van der Waals surface area contributed by atoms with Crippen LogP contribution in [0.2, 0.25) is 0 Å². The highest BCUT2D eigenvalue weighted by Gasteiger charge is 2.21. The quantitative estimate of drug-likeness (QED) is 0.459. The summed E-state index contributed by atoms with van der Waals surface area (Å²) in [5.41, 5.74) is 3.53. The van der Waals surface area contributed by atoms with Gasteiger partial charge in [-0.25, -0.2) is 8.60 Å². The molecular weight excluding hydrogens is 415 g/mol. The van der Waals surface area contributed by atoms with Crippen molar-refractivity contribution in [2.24, 2.45) is 0 Å². The number of fused-ring (bicyclic) bond motifs is 1. The predicted octanol–water partition coefficient (Wildman–Crippen LogP) is 5.05. The molecule has 158 valence electrons. The molecule has 4 aromatic rings. The van der Waals surface area contributed by atoms with E-state index >= 15 is 0 Å². The Morgan fingerprint density at radius 3 is 2.32 bits per heavy atom. The van der Waals surface area contributed by atoms with Crippen LogP contribution in [0.1, 0.15) is 11.3 Å².